The molecule has 1 heterocycles. The van der Waals surface area contributed by atoms with Crippen molar-refractivity contribution in [2.75, 3.05) is 0 Å². The van der Waals surface area contributed by atoms with E-state index in [0.29, 0.717) is 23.4 Å². The van der Waals surface area contributed by atoms with Crippen molar-refractivity contribution in [3.8, 4) is 28.1 Å². The van der Waals surface area contributed by atoms with Gasteiger partial charge in [0, 0.05) is 29.5 Å². The van der Waals surface area contributed by atoms with E-state index in [9.17, 15) is 43.9 Å². The van der Waals surface area contributed by atoms with Gasteiger partial charge in [-0.05, 0) is 42.3 Å². The third-order valence-electron chi connectivity index (χ3n) is 5.37. The summed E-state index contributed by atoms with van der Waals surface area (Å²) in [4.78, 5) is 4.13. The fourth-order valence-electron chi connectivity index (χ4n) is 3.63. The summed E-state index contributed by atoms with van der Waals surface area (Å²) < 4.78 is 143. The first-order valence-corrected chi connectivity index (χ1v) is 10.5. The van der Waals surface area contributed by atoms with E-state index in [0.717, 1.165) is 17.7 Å². The molecule has 0 radical (unpaired) electrons. The van der Waals surface area contributed by atoms with E-state index in [1.807, 2.05) is 0 Å². The minimum Gasteiger partial charge on any atom is -0.429 e. The molecular weight excluding hydrogens is 532 g/mol. The molecule has 0 aliphatic carbocycles. The highest BCUT2D eigenvalue weighted by Gasteiger charge is 2.43. The lowest BCUT2D eigenvalue weighted by Gasteiger charge is -2.21. The third kappa shape index (κ3) is 5.29. The zero-order chi connectivity index (χ0) is 28.0. The van der Waals surface area contributed by atoms with Crippen molar-refractivity contribution in [1.82, 2.24) is 4.98 Å². The van der Waals surface area contributed by atoms with E-state index in [2.05, 4.69) is 9.72 Å². The fourth-order valence-corrected chi connectivity index (χ4v) is 3.63. The van der Waals surface area contributed by atoms with Gasteiger partial charge in [-0.15, -0.1) is 0 Å². The molecule has 2 nitrogen and oxygen atoms in total. The van der Waals surface area contributed by atoms with Crippen molar-refractivity contribution in [1.29, 1.82) is 0 Å². The van der Waals surface area contributed by atoms with Crippen LogP contribution in [0, 0.1) is 36.0 Å². The smallest absolute Gasteiger partial charge is 0.429 e. The first kappa shape index (κ1) is 27.0. The molecule has 0 saturated heterocycles. The Morgan fingerprint density at radius 2 is 1.18 bits per heavy atom. The second-order valence-electron chi connectivity index (χ2n) is 8.11. The molecule has 4 aromatic rings. The topological polar surface area (TPSA) is 22.1 Å². The van der Waals surface area contributed by atoms with Crippen LogP contribution >= 0.6 is 0 Å². The number of halogens is 10. The summed E-state index contributed by atoms with van der Waals surface area (Å²) in [5.41, 5.74) is -3.59. The quantitative estimate of drug-likeness (QED) is 0.235. The van der Waals surface area contributed by atoms with Crippen LogP contribution in [0.15, 0.2) is 60.8 Å². The van der Waals surface area contributed by atoms with Gasteiger partial charge in [-0.2, -0.15) is 22.0 Å². The summed E-state index contributed by atoms with van der Waals surface area (Å²) >= 11 is 0. The summed E-state index contributed by atoms with van der Waals surface area (Å²) in [5.74, 6) is -10.8. The monoisotopic (exact) mass is 545 g/mol. The minimum atomic E-state index is -5.48. The first-order valence-electron chi connectivity index (χ1n) is 10.5. The number of hydrogen-bond acceptors (Lipinski definition) is 2. The highest BCUT2D eigenvalue weighted by atomic mass is 19.4. The van der Waals surface area contributed by atoms with Gasteiger partial charge in [0.25, 0.3) is 0 Å². The summed E-state index contributed by atoms with van der Waals surface area (Å²) in [6.07, 6.45) is -8.86. The van der Waals surface area contributed by atoms with Crippen LogP contribution in [0.3, 0.4) is 0 Å². The van der Waals surface area contributed by atoms with Gasteiger partial charge in [0.15, 0.2) is 0 Å². The number of hydrogen-bond donors (Lipinski definition) is 0. The van der Waals surface area contributed by atoms with E-state index in [4.69, 9.17) is 0 Å². The van der Waals surface area contributed by atoms with Crippen LogP contribution in [-0.2, 0) is 12.3 Å². The Kier molecular flexibility index (Phi) is 6.85. The van der Waals surface area contributed by atoms with E-state index < -0.39 is 63.8 Å². The molecule has 0 amide bonds. The maximum absolute atomic E-state index is 14.8. The molecule has 12 heteroatoms. The van der Waals surface area contributed by atoms with Crippen LogP contribution in [0.2, 0.25) is 0 Å². The number of rotatable bonds is 5. The average molecular weight is 545 g/mol. The largest absolute Gasteiger partial charge is 0.432 e. The minimum absolute atomic E-state index is 0.205. The van der Waals surface area contributed by atoms with Gasteiger partial charge < -0.3 is 4.74 Å². The molecule has 0 aliphatic rings. The van der Waals surface area contributed by atoms with Crippen LogP contribution in [-0.4, -0.2) is 4.98 Å². The van der Waals surface area contributed by atoms with E-state index >= 15 is 0 Å². The second-order valence-corrected chi connectivity index (χ2v) is 8.11. The average Bonchev–Trinajstić information content (AvgIpc) is 2.77. The lowest BCUT2D eigenvalue weighted by atomic mass is 9.99. The maximum atomic E-state index is 14.8. The lowest BCUT2D eigenvalue weighted by Crippen LogP contribution is -2.25. The highest BCUT2D eigenvalue weighted by molar-refractivity contribution is 5.70. The van der Waals surface area contributed by atoms with E-state index in [1.165, 1.54) is 6.07 Å². The Hall–Kier alpha value is -4.09. The van der Waals surface area contributed by atoms with Crippen LogP contribution in [0.4, 0.5) is 43.9 Å². The molecule has 3 aromatic carbocycles. The van der Waals surface area contributed by atoms with Crippen molar-refractivity contribution in [3.63, 3.8) is 0 Å². The Morgan fingerprint density at radius 3 is 1.68 bits per heavy atom. The fraction of sp³-hybridized carbons (Fsp3) is 0.115. The number of aryl methyl sites for hydroxylation is 1. The maximum Gasteiger partial charge on any atom is 0.432 e. The van der Waals surface area contributed by atoms with Gasteiger partial charge in [0.05, 0.1) is 5.69 Å². The number of ether oxygens (including phenoxy) is 1. The van der Waals surface area contributed by atoms with Crippen LogP contribution in [0.1, 0.15) is 16.7 Å². The predicted octanol–water partition coefficient (Wildman–Crippen LogP) is 8.57. The Bertz CT molecular complexity index is 1470. The highest BCUT2D eigenvalue weighted by Crippen LogP contribution is 2.40. The van der Waals surface area contributed by atoms with Gasteiger partial charge in [-0.25, -0.2) is 22.0 Å². The number of nitrogens with zero attached hydrogens (tertiary/aromatic N) is 1. The van der Waals surface area contributed by atoms with Gasteiger partial charge in [-0.1, -0.05) is 18.2 Å². The predicted molar refractivity (Wildman–Crippen MR) is 116 cm³/mol. The van der Waals surface area contributed by atoms with E-state index in [-0.39, 0.29) is 17.7 Å². The summed E-state index contributed by atoms with van der Waals surface area (Å²) in [6.45, 7) is 1.79. The molecule has 0 N–H and O–H groups in total. The van der Waals surface area contributed by atoms with Crippen molar-refractivity contribution >= 4 is 0 Å². The van der Waals surface area contributed by atoms with Gasteiger partial charge >= 0.3 is 12.3 Å². The summed E-state index contributed by atoms with van der Waals surface area (Å²) in [7, 11) is 0. The van der Waals surface area contributed by atoms with Gasteiger partial charge in [0.1, 0.15) is 46.0 Å². The number of benzene rings is 3. The van der Waals surface area contributed by atoms with Crippen molar-refractivity contribution in [2.45, 2.75) is 19.2 Å². The van der Waals surface area contributed by atoms with Gasteiger partial charge in [-0.3, -0.25) is 4.98 Å². The standard InChI is InChI=1S/C26H13F10NO/c1-12-2-5-22(37-11-12)13-3-4-16(17(27)6-13)14-7-18(28)24(19(29)8-14)26(35,36)38-15-9-20(30)23(21(31)10-15)25(32,33)34/h2-11H,1H3. The summed E-state index contributed by atoms with van der Waals surface area (Å²) in [5, 5.41) is 0. The zero-order valence-corrected chi connectivity index (χ0v) is 18.9. The Balaban J connectivity index is 1.66. The molecule has 0 fully saturated rings. The van der Waals surface area contributed by atoms with Crippen LogP contribution < -0.4 is 4.74 Å². The SMILES string of the molecule is Cc1ccc(-c2ccc(-c3cc(F)c(C(F)(F)Oc4cc(F)c(C(F)(F)F)c(F)c4)c(F)c3)c(F)c2)nc1. The summed E-state index contributed by atoms with van der Waals surface area (Å²) in [6, 6.07) is 7.28. The first-order chi connectivity index (χ1) is 17.7. The molecule has 0 spiro atoms. The molecule has 198 valence electrons. The normalized spacial score (nSPS) is 12.1. The van der Waals surface area contributed by atoms with Crippen LogP contribution in [0.5, 0.6) is 5.75 Å². The molecule has 38 heavy (non-hydrogen) atoms. The van der Waals surface area contributed by atoms with Crippen molar-refractivity contribution in [3.05, 3.63) is 107 Å². The Morgan fingerprint density at radius 1 is 0.632 bits per heavy atom. The second kappa shape index (κ2) is 9.66. The van der Waals surface area contributed by atoms with E-state index in [1.54, 1.807) is 25.3 Å². The Labute approximate surface area is 208 Å². The molecule has 0 atom stereocenters. The molecular formula is C26H13F10NO. The zero-order valence-electron chi connectivity index (χ0n) is 18.9. The lowest BCUT2D eigenvalue weighted by molar-refractivity contribution is -0.189. The molecule has 0 bridgehead atoms. The number of alkyl halides is 5. The van der Waals surface area contributed by atoms with Gasteiger partial charge in [0.2, 0.25) is 0 Å². The molecule has 1 aromatic heterocycles. The van der Waals surface area contributed by atoms with Crippen LogP contribution in [0.25, 0.3) is 22.4 Å². The number of aromatic nitrogens is 1. The molecule has 0 aliphatic heterocycles. The third-order valence-corrected chi connectivity index (χ3v) is 5.37. The molecule has 0 unspecified atom stereocenters. The molecule has 4 rings (SSSR count). The number of pyridine rings is 1. The van der Waals surface area contributed by atoms with Crippen molar-refractivity contribution in [2.24, 2.45) is 0 Å². The van der Waals surface area contributed by atoms with Crippen molar-refractivity contribution < 1.29 is 48.6 Å². The molecule has 0 saturated carbocycles.